The predicted octanol–water partition coefficient (Wildman–Crippen LogP) is 2.31. The zero-order valence-corrected chi connectivity index (χ0v) is 10.1. The van der Waals surface area contributed by atoms with Gasteiger partial charge in [-0.1, -0.05) is 0 Å². The van der Waals surface area contributed by atoms with E-state index >= 15 is 0 Å². The third kappa shape index (κ3) is 2.28. The summed E-state index contributed by atoms with van der Waals surface area (Å²) in [4.78, 5) is 22.4. The van der Waals surface area contributed by atoms with Gasteiger partial charge in [-0.25, -0.2) is 4.79 Å². The highest BCUT2D eigenvalue weighted by atomic mass is 79.9. The van der Waals surface area contributed by atoms with Crippen LogP contribution >= 0.6 is 15.9 Å². The fraction of sp³-hybridized carbons (Fsp3) is 0.182. The number of hydrogen-bond donors (Lipinski definition) is 0. The van der Waals surface area contributed by atoms with Gasteiger partial charge >= 0.3 is 5.97 Å². The second-order valence-corrected chi connectivity index (χ2v) is 3.69. The van der Waals surface area contributed by atoms with Gasteiger partial charge in [0, 0.05) is 10.0 Å². The monoisotopic (exact) mass is 281 g/mol. The first kappa shape index (κ1) is 12.4. The van der Waals surface area contributed by atoms with Crippen molar-refractivity contribution in [2.45, 2.75) is 6.92 Å². The maximum atomic E-state index is 11.6. The van der Waals surface area contributed by atoms with Gasteiger partial charge in [-0.15, -0.1) is 0 Å². The number of hydrogen-bond acceptors (Lipinski definition) is 4. The van der Waals surface area contributed by atoms with E-state index in [1.807, 2.05) is 6.07 Å². The molecule has 4 nitrogen and oxygen atoms in total. The summed E-state index contributed by atoms with van der Waals surface area (Å²) in [5, 5.41) is 8.93. The SMILES string of the molecule is CCOC(=O)c1c(C=O)ccc(Br)c1C#N. The van der Waals surface area contributed by atoms with Gasteiger partial charge in [-0.05, 0) is 35.0 Å². The van der Waals surface area contributed by atoms with E-state index in [1.165, 1.54) is 6.07 Å². The number of aldehydes is 1. The smallest absolute Gasteiger partial charge is 0.340 e. The molecule has 0 radical (unpaired) electrons. The molecule has 0 aliphatic heterocycles. The van der Waals surface area contributed by atoms with Crippen molar-refractivity contribution in [3.8, 4) is 6.07 Å². The fourth-order valence-corrected chi connectivity index (χ4v) is 1.64. The molecule has 0 amide bonds. The second kappa shape index (κ2) is 5.42. The van der Waals surface area contributed by atoms with Gasteiger partial charge in [-0.3, -0.25) is 4.79 Å². The average Bonchev–Trinajstić information content (AvgIpc) is 2.28. The first-order chi connectivity index (χ1) is 7.65. The molecule has 0 aliphatic rings. The molecule has 0 aromatic heterocycles. The minimum absolute atomic E-state index is 0.00808. The average molecular weight is 282 g/mol. The maximum absolute atomic E-state index is 11.6. The zero-order chi connectivity index (χ0) is 12.1. The van der Waals surface area contributed by atoms with Gasteiger partial charge in [-0.2, -0.15) is 5.26 Å². The standard InChI is InChI=1S/C11H8BrNO3/c1-2-16-11(15)10-7(6-14)3-4-9(12)8(10)5-13/h3-4,6H,2H2,1H3. The number of rotatable bonds is 3. The van der Waals surface area contributed by atoms with Crippen molar-refractivity contribution >= 4 is 28.2 Å². The van der Waals surface area contributed by atoms with Crippen LogP contribution in [0.3, 0.4) is 0 Å². The molecule has 1 rings (SSSR count). The lowest BCUT2D eigenvalue weighted by molar-refractivity contribution is 0.0523. The Labute approximate surface area is 101 Å². The predicted molar refractivity (Wildman–Crippen MR) is 60.2 cm³/mol. The lowest BCUT2D eigenvalue weighted by atomic mass is 10.0. The molecular formula is C11H8BrNO3. The molecule has 0 heterocycles. The Morgan fingerprint density at radius 3 is 2.81 bits per heavy atom. The van der Waals surface area contributed by atoms with Crippen molar-refractivity contribution in [2.75, 3.05) is 6.61 Å². The molecule has 0 fully saturated rings. The minimum Gasteiger partial charge on any atom is -0.462 e. The summed E-state index contributed by atoms with van der Waals surface area (Å²) in [6.07, 6.45) is 0.527. The molecule has 0 bridgehead atoms. The molecule has 0 saturated carbocycles. The van der Waals surface area contributed by atoms with E-state index in [2.05, 4.69) is 15.9 Å². The van der Waals surface area contributed by atoms with E-state index in [9.17, 15) is 9.59 Å². The van der Waals surface area contributed by atoms with Crippen LogP contribution in [0.2, 0.25) is 0 Å². The Morgan fingerprint density at radius 1 is 1.62 bits per heavy atom. The van der Waals surface area contributed by atoms with Crippen LogP contribution in [0, 0.1) is 11.3 Å². The highest BCUT2D eigenvalue weighted by molar-refractivity contribution is 9.10. The number of carbonyl (C=O) groups is 2. The lowest BCUT2D eigenvalue weighted by Gasteiger charge is -2.07. The van der Waals surface area contributed by atoms with Crippen LogP contribution < -0.4 is 0 Å². The van der Waals surface area contributed by atoms with Gasteiger partial charge in [0.05, 0.1) is 17.7 Å². The highest BCUT2D eigenvalue weighted by Crippen LogP contribution is 2.23. The molecule has 1 aromatic rings. The van der Waals surface area contributed by atoms with Crippen molar-refractivity contribution in [1.82, 2.24) is 0 Å². The minimum atomic E-state index is -0.664. The summed E-state index contributed by atoms with van der Waals surface area (Å²) in [6.45, 7) is 1.84. The first-order valence-corrected chi connectivity index (χ1v) is 5.29. The van der Waals surface area contributed by atoms with Gasteiger partial charge in [0.25, 0.3) is 0 Å². The largest absolute Gasteiger partial charge is 0.462 e. The van der Waals surface area contributed by atoms with Crippen LogP contribution in [0.1, 0.15) is 33.2 Å². The van der Waals surface area contributed by atoms with Crippen LogP contribution in [0.4, 0.5) is 0 Å². The molecule has 16 heavy (non-hydrogen) atoms. The molecule has 0 unspecified atom stereocenters. The summed E-state index contributed by atoms with van der Waals surface area (Å²) in [6, 6.07) is 4.88. The van der Waals surface area contributed by atoms with E-state index < -0.39 is 5.97 Å². The van der Waals surface area contributed by atoms with Crippen molar-refractivity contribution in [1.29, 1.82) is 5.26 Å². The van der Waals surface area contributed by atoms with Gasteiger partial charge in [0.15, 0.2) is 6.29 Å². The fourth-order valence-electron chi connectivity index (χ4n) is 1.22. The summed E-state index contributed by atoms with van der Waals surface area (Å²) in [5.41, 5.74) is 0.273. The topological polar surface area (TPSA) is 67.2 Å². The molecule has 5 heteroatoms. The third-order valence-corrected chi connectivity index (χ3v) is 2.57. The van der Waals surface area contributed by atoms with Crippen LogP contribution in [-0.2, 0) is 4.74 Å². The van der Waals surface area contributed by atoms with E-state index in [0.29, 0.717) is 10.8 Å². The quantitative estimate of drug-likeness (QED) is 0.630. The Hall–Kier alpha value is -1.67. The first-order valence-electron chi connectivity index (χ1n) is 4.50. The van der Waals surface area contributed by atoms with Crippen LogP contribution in [0.15, 0.2) is 16.6 Å². The molecular weight excluding hydrogens is 274 g/mol. The summed E-state index contributed by atoms with van der Waals surface area (Å²) in [5.74, 6) is -0.664. The van der Waals surface area contributed by atoms with Crippen LogP contribution in [0.5, 0.6) is 0 Å². The molecule has 82 valence electrons. The summed E-state index contributed by atoms with van der Waals surface area (Å²) < 4.78 is 5.26. The number of halogens is 1. The Balaban J connectivity index is 3.43. The molecule has 0 aliphatic carbocycles. The lowest BCUT2D eigenvalue weighted by Crippen LogP contribution is -2.10. The highest BCUT2D eigenvalue weighted by Gasteiger charge is 2.19. The number of carbonyl (C=O) groups excluding carboxylic acids is 2. The molecule has 0 atom stereocenters. The number of nitrogens with zero attached hydrogens (tertiary/aromatic N) is 1. The second-order valence-electron chi connectivity index (χ2n) is 2.84. The zero-order valence-electron chi connectivity index (χ0n) is 8.49. The van der Waals surface area contributed by atoms with Gasteiger partial charge in [0.1, 0.15) is 6.07 Å². The van der Waals surface area contributed by atoms with Crippen molar-refractivity contribution in [3.05, 3.63) is 33.3 Å². The maximum Gasteiger partial charge on any atom is 0.340 e. The Morgan fingerprint density at radius 2 is 2.31 bits per heavy atom. The van der Waals surface area contributed by atoms with Crippen LogP contribution in [-0.4, -0.2) is 18.9 Å². The van der Waals surface area contributed by atoms with E-state index in [4.69, 9.17) is 10.00 Å². The summed E-state index contributed by atoms with van der Waals surface area (Å²) >= 11 is 3.14. The van der Waals surface area contributed by atoms with Crippen molar-refractivity contribution < 1.29 is 14.3 Å². The Kier molecular flexibility index (Phi) is 4.20. The Bertz CT molecular complexity index is 477. The number of benzene rings is 1. The van der Waals surface area contributed by atoms with Crippen LogP contribution in [0.25, 0.3) is 0 Å². The van der Waals surface area contributed by atoms with E-state index in [-0.39, 0.29) is 23.3 Å². The molecule has 0 spiro atoms. The molecule has 1 aromatic carbocycles. The number of esters is 1. The summed E-state index contributed by atoms with van der Waals surface area (Å²) in [7, 11) is 0. The molecule has 0 N–H and O–H groups in total. The van der Waals surface area contributed by atoms with Crippen molar-refractivity contribution in [2.24, 2.45) is 0 Å². The van der Waals surface area contributed by atoms with Gasteiger partial charge < -0.3 is 4.74 Å². The molecule has 0 saturated heterocycles. The third-order valence-electron chi connectivity index (χ3n) is 1.91. The van der Waals surface area contributed by atoms with E-state index in [0.717, 1.165) is 0 Å². The van der Waals surface area contributed by atoms with Gasteiger partial charge in [0.2, 0.25) is 0 Å². The number of ether oxygens (including phenoxy) is 1. The number of nitriles is 1. The van der Waals surface area contributed by atoms with E-state index in [1.54, 1.807) is 13.0 Å². The normalized spacial score (nSPS) is 9.31. The van der Waals surface area contributed by atoms with Crippen molar-refractivity contribution in [3.63, 3.8) is 0 Å².